The lowest BCUT2D eigenvalue weighted by Gasteiger charge is -2.14. The Balaban J connectivity index is 1.68. The number of hydrogen-bond acceptors (Lipinski definition) is 4. The van der Waals surface area contributed by atoms with Crippen LogP contribution >= 0.6 is 0 Å². The van der Waals surface area contributed by atoms with Crippen LogP contribution in [-0.4, -0.2) is 32.4 Å². The fourth-order valence-electron chi connectivity index (χ4n) is 2.82. The molecule has 0 bridgehead atoms. The molecular weight excluding hydrogens is 290 g/mol. The van der Waals surface area contributed by atoms with Crippen LogP contribution in [0.3, 0.4) is 0 Å². The van der Waals surface area contributed by atoms with Crippen LogP contribution < -0.4 is 5.32 Å². The van der Waals surface area contributed by atoms with Crippen molar-refractivity contribution >= 4 is 5.91 Å². The fourth-order valence-corrected chi connectivity index (χ4v) is 2.82. The summed E-state index contributed by atoms with van der Waals surface area (Å²) in [6, 6.07) is 12.2. The van der Waals surface area contributed by atoms with Crippen molar-refractivity contribution in [1.29, 1.82) is 0 Å². The quantitative estimate of drug-likeness (QED) is 0.796. The highest BCUT2D eigenvalue weighted by Gasteiger charge is 2.22. The van der Waals surface area contributed by atoms with Crippen LogP contribution in [-0.2, 0) is 12.8 Å². The van der Waals surface area contributed by atoms with Crippen molar-refractivity contribution in [2.45, 2.75) is 12.8 Å². The van der Waals surface area contributed by atoms with Gasteiger partial charge in [0.2, 0.25) is 0 Å². The number of fused-ring (bicyclic) bond motifs is 1. The summed E-state index contributed by atoms with van der Waals surface area (Å²) in [4.78, 5) is 11.8. The Morgan fingerprint density at radius 1 is 1.13 bits per heavy atom. The van der Waals surface area contributed by atoms with Crippen molar-refractivity contribution in [2.24, 2.45) is 0 Å². The van der Waals surface area contributed by atoms with E-state index in [1.54, 1.807) is 17.1 Å². The molecule has 0 fully saturated rings. The van der Waals surface area contributed by atoms with Gasteiger partial charge >= 0.3 is 0 Å². The molecule has 1 aliphatic rings. The lowest BCUT2D eigenvalue weighted by molar-refractivity contribution is 0.0945. The van der Waals surface area contributed by atoms with Gasteiger partial charge in [0.25, 0.3) is 5.91 Å². The molecule has 0 unspecified atom stereocenters. The first-order chi connectivity index (χ1) is 11.3. The van der Waals surface area contributed by atoms with Crippen molar-refractivity contribution in [3.63, 3.8) is 0 Å². The molecular formula is C17H15N5O. The Morgan fingerprint density at radius 3 is 2.87 bits per heavy atom. The van der Waals surface area contributed by atoms with Crippen LogP contribution in [0.2, 0.25) is 0 Å². The number of aromatic nitrogens is 4. The van der Waals surface area contributed by atoms with E-state index in [-0.39, 0.29) is 5.91 Å². The Hall–Kier alpha value is -3.02. The number of nitrogens with zero attached hydrogens (tertiary/aromatic N) is 4. The topological polar surface area (TPSA) is 72.7 Å². The summed E-state index contributed by atoms with van der Waals surface area (Å²) in [6.07, 6.45) is 4.88. The molecule has 0 spiro atoms. The Morgan fingerprint density at radius 2 is 2.00 bits per heavy atom. The Kier molecular flexibility index (Phi) is 3.34. The first kappa shape index (κ1) is 13.6. The number of amides is 1. The molecule has 23 heavy (non-hydrogen) atoms. The highest BCUT2D eigenvalue weighted by molar-refractivity contribution is 5.96. The maximum atomic E-state index is 11.8. The zero-order valence-electron chi connectivity index (χ0n) is 12.4. The minimum atomic E-state index is -0.0779. The molecule has 0 radical (unpaired) electrons. The van der Waals surface area contributed by atoms with Gasteiger partial charge in [0, 0.05) is 13.0 Å². The molecule has 1 aliphatic heterocycles. The Labute approximate surface area is 133 Å². The van der Waals surface area contributed by atoms with Crippen LogP contribution in [0.15, 0.2) is 48.8 Å². The number of hydrogen-bond donors (Lipinski definition) is 1. The van der Waals surface area contributed by atoms with Crippen LogP contribution in [0.4, 0.5) is 0 Å². The predicted molar refractivity (Wildman–Crippen MR) is 84.4 cm³/mol. The van der Waals surface area contributed by atoms with Crippen molar-refractivity contribution in [2.75, 3.05) is 6.54 Å². The zero-order valence-corrected chi connectivity index (χ0v) is 12.4. The molecule has 1 N–H and O–H groups in total. The van der Waals surface area contributed by atoms with E-state index in [1.807, 2.05) is 24.3 Å². The molecule has 6 nitrogen and oxygen atoms in total. The van der Waals surface area contributed by atoms with Gasteiger partial charge in [-0.1, -0.05) is 30.3 Å². The second-order valence-corrected chi connectivity index (χ2v) is 5.51. The maximum Gasteiger partial charge on any atom is 0.254 e. The van der Waals surface area contributed by atoms with Crippen LogP contribution in [0.25, 0.3) is 5.82 Å². The van der Waals surface area contributed by atoms with Crippen molar-refractivity contribution < 1.29 is 4.79 Å². The number of carbonyl (C=O) groups excluding carboxylic acids is 1. The summed E-state index contributed by atoms with van der Waals surface area (Å²) < 4.78 is 1.72. The van der Waals surface area contributed by atoms with E-state index < -0.39 is 0 Å². The summed E-state index contributed by atoms with van der Waals surface area (Å²) >= 11 is 0. The average Bonchev–Trinajstić information content (AvgIpc) is 3.02. The molecule has 3 heterocycles. The van der Waals surface area contributed by atoms with E-state index in [0.717, 1.165) is 24.1 Å². The molecule has 4 rings (SSSR count). The van der Waals surface area contributed by atoms with E-state index in [0.29, 0.717) is 17.9 Å². The van der Waals surface area contributed by atoms with Gasteiger partial charge in [-0.25, -0.2) is 4.68 Å². The minimum Gasteiger partial charge on any atom is -0.352 e. The minimum absolute atomic E-state index is 0.0779. The van der Waals surface area contributed by atoms with Gasteiger partial charge in [0.05, 0.1) is 23.7 Å². The molecule has 114 valence electrons. The highest BCUT2D eigenvalue weighted by Crippen LogP contribution is 2.18. The fraction of sp³-hybridized carbons (Fsp3) is 0.176. The molecule has 1 amide bonds. The smallest absolute Gasteiger partial charge is 0.254 e. The first-order valence-corrected chi connectivity index (χ1v) is 7.52. The van der Waals surface area contributed by atoms with Gasteiger partial charge in [-0.15, -0.1) is 5.10 Å². The molecule has 2 aromatic heterocycles. The summed E-state index contributed by atoms with van der Waals surface area (Å²) in [7, 11) is 0. The van der Waals surface area contributed by atoms with Crippen molar-refractivity contribution in [3.05, 3.63) is 71.2 Å². The van der Waals surface area contributed by atoms with Gasteiger partial charge in [-0.05, 0) is 23.6 Å². The van der Waals surface area contributed by atoms with Crippen LogP contribution in [0.5, 0.6) is 0 Å². The summed E-state index contributed by atoms with van der Waals surface area (Å²) in [5.41, 5.74) is 3.78. The summed E-state index contributed by atoms with van der Waals surface area (Å²) in [5, 5.41) is 15.4. The molecule has 0 saturated heterocycles. The molecule has 0 saturated carbocycles. The van der Waals surface area contributed by atoms with E-state index >= 15 is 0 Å². The highest BCUT2D eigenvalue weighted by atomic mass is 16.1. The normalized spacial score (nSPS) is 13.5. The van der Waals surface area contributed by atoms with Gasteiger partial charge < -0.3 is 5.32 Å². The third-order valence-corrected chi connectivity index (χ3v) is 3.93. The van der Waals surface area contributed by atoms with E-state index in [2.05, 4.69) is 32.7 Å². The van der Waals surface area contributed by atoms with Crippen LogP contribution in [0, 0.1) is 0 Å². The maximum absolute atomic E-state index is 11.8. The second-order valence-electron chi connectivity index (χ2n) is 5.51. The van der Waals surface area contributed by atoms with Gasteiger partial charge in [-0.3, -0.25) is 4.79 Å². The number of carbonyl (C=O) groups is 1. The molecule has 3 aromatic rings. The summed E-state index contributed by atoms with van der Waals surface area (Å²) in [6.45, 7) is 0.620. The number of benzene rings is 1. The van der Waals surface area contributed by atoms with Gasteiger partial charge in [-0.2, -0.15) is 10.2 Å². The van der Waals surface area contributed by atoms with Crippen molar-refractivity contribution in [3.8, 4) is 5.82 Å². The van der Waals surface area contributed by atoms with Crippen molar-refractivity contribution in [1.82, 2.24) is 25.3 Å². The largest absolute Gasteiger partial charge is 0.352 e. The second kappa shape index (κ2) is 5.64. The average molecular weight is 305 g/mol. The number of nitrogens with one attached hydrogen (secondary N) is 1. The number of rotatable bonds is 3. The SMILES string of the molecule is O=C1NCCc2c1cnn2-c1cc(Cc2ccccc2)cnn1. The van der Waals surface area contributed by atoms with E-state index in [4.69, 9.17) is 0 Å². The van der Waals surface area contributed by atoms with Gasteiger partial charge in [0.15, 0.2) is 5.82 Å². The molecule has 1 aromatic carbocycles. The monoisotopic (exact) mass is 305 g/mol. The third kappa shape index (κ3) is 2.59. The zero-order chi connectivity index (χ0) is 15.6. The standard InChI is InChI=1S/C17H15N5O/c23-17-14-11-20-22(15(14)6-7-18-17)16-9-13(10-19-21-16)8-12-4-2-1-3-5-12/h1-5,9-11H,6-8H2,(H,18,23). The lowest BCUT2D eigenvalue weighted by atomic mass is 10.1. The van der Waals surface area contributed by atoms with Crippen LogP contribution in [0.1, 0.15) is 27.2 Å². The summed E-state index contributed by atoms with van der Waals surface area (Å²) in [5.74, 6) is 0.570. The van der Waals surface area contributed by atoms with Gasteiger partial charge in [0.1, 0.15) is 0 Å². The molecule has 0 atom stereocenters. The van der Waals surface area contributed by atoms with E-state index in [1.165, 1.54) is 5.56 Å². The van der Waals surface area contributed by atoms with E-state index in [9.17, 15) is 4.79 Å². The first-order valence-electron chi connectivity index (χ1n) is 7.52. The molecule has 0 aliphatic carbocycles. The predicted octanol–water partition coefficient (Wildman–Crippen LogP) is 1.54. The Bertz CT molecular complexity index is 856. The molecule has 6 heteroatoms. The lowest BCUT2D eigenvalue weighted by Crippen LogP contribution is -2.32. The third-order valence-electron chi connectivity index (χ3n) is 3.93.